The van der Waals surface area contributed by atoms with Crippen LogP contribution in [0, 0.1) is 0 Å². The molecule has 0 aliphatic rings. The lowest BCUT2D eigenvalue weighted by Gasteiger charge is -2.15. The molecule has 0 radical (unpaired) electrons. The zero-order chi connectivity index (χ0) is 18.2. The van der Waals surface area contributed by atoms with Gasteiger partial charge in [-0.25, -0.2) is 4.79 Å². The first-order valence-corrected chi connectivity index (χ1v) is 7.91. The number of aryl methyl sites for hydroxylation is 1. The number of carboxylic acids is 1. The first-order chi connectivity index (χ1) is 12.0. The van der Waals surface area contributed by atoms with Crippen LogP contribution in [0.3, 0.4) is 0 Å². The molecule has 0 saturated carbocycles. The molecule has 0 heterocycles. The summed E-state index contributed by atoms with van der Waals surface area (Å²) < 4.78 is 0. The number of anilines is 1. The third kappa shape index (κ3) is 5.76. The average molecular weight is 340 g/mol. The third-order valence-corrected chi connectivity index (χ3v) is 3.64. The Bertz CT molecular complexity index is 742. The van der Waals surface area contributed by atoms with Crippen molar-refractivity contribution >= 4 is 23.5 Å². The number of carbonyl (C=O) groups excluding carboxylic acids is 2. The van der Waals surface area contributed by atoms with Gasteiger partial charge in [0.1, 0.15) is 6.04 Å². The van der Waals surface area contributed by atoms with Crippen LogP contribution in [0.15, 0.2) is 54.6 Å². The van der Waals surface area contributed by atoms with Crippen LogP contribution in [0.25, 0.3) is 0 Å². The Hall–Kier alpha value is -3.15. The number of carboxylic acid groups (broad SMARTS) is 1. The summed E-state index contributed by atoms with van der Waals surface area (Å²) >= 11 is 0. The maximum Gasteiger partial charge on any atom is 0.326 e. The number of aliphatic carboxylic acids is 1. The fourth-order valence-corrected chi connectivity index (χ4v) is 2.36. The SMILES string of the molecule is CC(=O)Nc1ccc(C(=O)N[C@H](CCc2ccccc2)C(=O)O)cc1. The van der Waals surface area contributed by atoms with E-state index < -0.39 is 17.9 Å². The number of rotatable bonds is 7. The fourth-order valence-electron chi connectivity index (χ4n) is 2.36. The summed E-state index contributed by atoms with van der Waals surface area (Å²) in [6.45, 7) is 1.39. The Morgan fingerprint density at radius 3 is 2.20 bits per heavy atom. The Morgan fingerprint density at radius 2 is 1.64 bits per heavy atom. The van der Waals surface area contributed by atoms with Crippen molar-refractivity contribution in [1.82, 2.24) is 5.32 Å². The highest BCUT2D eigenvalue weighted by Crippen LogP contribution is 2.11. The normalized spacial score (nSPS) is 11.4. The predicted octanol–water partition coefficient (Wildman–Crippen LogP) is 2.46. The van der Waals surface area contributed by atoms with Gasteiger partial charge in [0.15, 0.2) is 0 Å². The summed E-state index contributed by atoms with van der Waals surface area (Å²) in [6.07, 6.45) is 0.856. The molecule has 6 heteroatoms. The van der Waals surface area contributed by atoms with Crippen LogP contribution < -0.4 is 10.6 Å². The van der Waals surface area contributed by atoms with Gasteiger partial charge >= 0.3 is 5.97 Å². The van der Waals surface area contributed by atoms with E-state index in [1.165, 1.54) is 19.1 Å². The second-order valence-corrected chi connectivity index (χ2v) is 5.65. The van der Waals surface area contributed by atoms with Gasteiger partial charge in [-0.2, -0.15) is 0 Å². The molecule has 0 aliphatic carbocycles. The minimum Gasteiger partial charge on any atom is -0.480 e. The molecule has 1 atom stereocenters. The number of nitrogens with one attached hydrogen (secondary N) is 2. The topological polar surface area (TPSA) is 95.5 Å². The molecule has 2 amide bonds. The molecule has 25 heavy (non-hydrogen) atoms. The highest BCUT2D eigenvalue weighted by atomic mass is 16.4. The number of hydrogen-bond donors (Lipinski definition) is 3. The van der Waals surface area contributed by atoms with Gasteiger partial charge in [-0.05, 0) is 42.7 Å². The maximum absolute atomic E-state index is 12.2. The van der Waals surface area contributed by atoms with Crippen molar-refractivity contribution < 1.29 is 19.5 Å². The summed E-state index contributed by atoms with van der Waals surface area (Å²) in [5.74, 6) is -1.74. The van der Waals surface area contributed by atoms with Crippen LogP contribution in [0.1, 0.15) is 29.3 Å². The lowest BCUT2D eigenvalue weighted by molar-refractivity contribution is -0.139. The molecule has 0 fully saturated rings. The molecule has 2 aromatic carbocycles. The molecular formula is C19H20N2O4. The zero-order valence-corrected chi connectivity index (χ0v) is 13.9. The second kappa shape index (κ2) is 8.63. The smallest absolute Gasteiger partial charge is 0.326 e. The maximum atomic E-state index is 12.2. The van der Waals surface area contributed by atoms with Crippen molar-refractivity contribution in [2.45, 2.75) is 25.8 Å². The molecule has 0 spiro atoms. The van der Waals surface area contributed by atoms with Crippen LogP contribution >= 0.6 is 0 Å². The summed E-state index contributed by atoms with van der Waals surface area (Å²) in [4.78, 5) is 34.6. The van der Waals surface area contributed by atoms with Gasteiger partial charge in [0.25, 0.3) is 5.91 Å². The summed E-state index contributed by atoms with van der Waals surface area (Å²) in [7, 11) is 0. The van der Waals surface area contributed by atoms with Gasteiger partial charge in [-0.1, -0.05) is 30.3 Å². The van der Waals surface area contributed by atoms with E-state index in [1.54, 1.807) is 12.1 Å². The average Bonchev–Trinajstić information content (AvgIpc) is 2.59. The van der Waals surface area contributed by atoms with E-state index >= 15 is 0 Å². The Labute approximate surface area is 145 Å². The largest absolute Gasteiger partial charge is 0.480 e. The second-order valence-electron chi connectivity index (χ2n) is 5.65. The van der Waals surface area contributed by atoms with Crippen LogP contribution in [-0.2, 0) is 16.0 Å². The van der Waals surface area contributed by atoms with Crippen LogP contribution in [0.5, 0.6) is 0 Å². The van der Waals surface area contributed by atoms with E-state index in [4.69, 9.17) is 0 Å². The summed E-state index contributed by atoms with van der Waals surface area (Å²) in [5.41, 5.74) is 1.92. The van der Waals surface area contributed by atoms with Crippen LogP contribution in [0.2, 0.25) is 0 Å². The molecule has 0 unspecified atom stereocenters. The molecule has 0 aromatic heterocycles. The van der Waals surface area contributed by atoms with Crippen molar-refractivity contribution in [3.63, 3.8) is 0 Å². The highest BCUT2D eigenvalue weighted by Gasteiger charge is 2.20. The predicted molar refractivity (Wildman–Crippen MR) is 94.4 cm³/mol. The van der Waals surface area contributed by atoms with E-state index in [2.05, 4.69) is 10.6 Å². The standard InChI is InChI=1S/C19H20N2O4/c1-13(22)20-16-10-8-15(9-11-16)18(23)21-17(19(24)25)12-7-14-5-3-2-4-6-14/h2-6,8-11,17H,7,12H2,1H3,(H,20,22)(H,21,23)(H,24,25)/t17-/m1/s1. The first-order valence-electron chi connectivity index (χ1n) is 7.91. The Morgan fingerprint density at radius 1 is 1.00 bits per heavy atom. The molecule has 2 aromatic rings. The zero-order valence-electron chi connectivity index (χ0n) is 13.9. The van der Waals surface area contributed by atoms with Gasteiger partial charge in [0.05, 0.1) is 0 Å². The minimum absolute atomic E-state index is 0.205. The van der Waals surface area contributed by atoms with Crippen molar-refractivity contribution in [2.75, 3.05) is 5.32 Å². The molecule has 6 nitrogen and oxygen atoms in total. The van der Waals surface area contributed by atoms with Crippen LogP contribution in [-0.4, -0.2) is 28.9 Å². The number of carbonyl (C=O) groups is 3. The summed E-state index contributed by atoms with van der Waals surface area (Å²) in [5, 5.41) is 14.5. The van der Waals surface area contributed by atoms with Crippen LogP contribution in [0.4, 0.5) is 5.69 Å². The number of benzene rings is 2. The molecule has 130 valence electrons. The van der Waals surface area contributed by atoms with E-state index in [9.17, 15) is 19.5 Å². The van der Waals surface area contributed by atoms with Gasteiger partial charge in [0.2, 0.25) is 5.91 Å². The number of hydrogen-bond acceptors (Lipinski definition) is 3. The van der Waals surface area contributed by atoms with E-state index in [-0.39, 0.29) is 5.91 Å². The monoisotopic (exact) mass is 340 g/mol. The first kappa shape index (κ1) is 18.2. The molecule has 0 saturated heterocycles. The van der Waals surface area contributed by atoms with Crippen molar-refractivity contribution in [2.24, 2.45) is 0 Å². The van der Waals surface area contributed by atoms with Crippen molar-refractivity contribution in [3.05, 3.63) is 65.7 Å². The molecule has 2 rings (SSSR count). The molecule has 0 aliphatic heterocycles. The van der Waals surface area contributed by atoms with E-state index in [1.807, 2.05) is 30.3 Å². The minimum atomic E-state index is -1.07. The highest BCUT2D eigenvalue weighted by molar-refractivity contribution is 5.97. The number of amides is 2. The fraction of sp³-hybridized carbons (Fsp3) is 0.211. The molecule has 3 N–H and O–H groups in total. The summed E-state index contributed by atoms with van der Waals surface area (Å²) in [6, 6.07) is 14.8. The lowest BCUT2D eigenvalue weighted by Crippen LogP contribution is -2.41. The van der Waals surface area contributed by atoms with Gasteiger partial charge in [-0.15, -0.1) is 0 Å². The van der Waals surface area contributed by atoms with Crippen molar-refractivity contribution in [1.29, 1.82) is 0 Å². The quantitative estimate of drug-likeness (QED) is 0.721. The molecular weight excluding hydrogens is 320 g/mol. The van der Waals surface area contributed by atoms with Crippen molar-refractivity contribution in [3.8, 4) is 0 Å². The Balaban J connectivity index is 1.97. The van der Waals surface area contributed by atoms with E-state index in [0.29, 0.717) is 24.1 Å². The molecule has 0 bridgehead atoms. The third-order valence-electron chi connectivity index (χ3n) is 3.64. The van der Waals surface area contributed by atoms with Gasteiger partial charge < -0.3 is 15.7 Å². The van der Waals surface area contributed by atoms with Gasteiger partial charge in [0, 0.05) is 18.2 Å². The Kier molecular flexibility index (Phi) is 6.28. The van der Waals surface area contributed by atoms with Gasteiger partial charge in [-0.3, -0.25) is 9.59 Å². The lowest BCUT2D eigenvalue weighted by atomic mass is 10.0. The van der Waals surface area contributed by atoms with E-state index in [0.717, 1.165) is 5.56 Å².